The molecule has 2 aromatic rings. The van der Waals surface area contributed by atoms with E-state index < -0.39 is 0 Å². The third-order valence-electron chi connectivity index (χ3n) is 4.07. The molecular weight excluding hydrogens is 288 g/mol. The number of epoxide rings is 1. The van der Waals surface area contributed by atoms with Crippen LogP contribution in [0.4, 0.5) is 0 Å². The first-order valence-electron chi connectivity index (χ1n) is 8.05. The number of ether oxygens (including phenoxy) is 3. The fourth-order valence-corrected chi connectivity index (χ4v) is 2.98. The molecule has 122 valence electrons. The summed E-state index contributed by atoms with van der Waals surface area (Å²) in [5.74, 6) is 2.73. The topological polar surface area (TPSA) is 31.0 Å². The molecule has 2 aromatic carbocycles. The highest BCUT2D eigenvalue weighted by Crippen LogP contribution is 2.34. The first-order valence-corrected chi connectivity index (χ1v) is 8.05. The monoisotopic (exact) mass is 312 g/mol. The van der Waals surface area contributed by atoms with E-state index in [1.54, 1.807) is 0 Å². The van der Waals surface area contributed by atoms with Gasteiger partial charge in [0.15, 0.2) is 0 Å². The van der Waals surface area contributed by atoms with Crippen LogP contribution in [0.3, 0.4) is 0 Å². The predicted octanol–water partition coefficient (Wildman–Crippen LogP) is 4.80. The first kappa shape index (κ1) is 15.9. The minimum absolute atomic E-state index is 0.266. The van der Waals surface area contributed by atoms with Crippen molar-refractivity contribution in [1.29, 1.82) is 0 Å². The van der Waals surface area contributed by atoms with Gasteiger partial charge in [-0.25, -0.2) is 0 Å². The Kier molecular flexibility index (Phi) is 4.31. The molecule has 0 N–H and O–H groups in total. The van der Waals surface area contributed by atoms with Gasteiger partial charge in [0.05, 0.1) is 6.61 Å². The van der Waals surface area contributed by atoms with Gasteiger partial charge in [-0.1, -0.05) is 17.7 Å². The average Bonchev–Trinajstić information content (AvgIpc) is 3.26. The largest absolute Gasteiger partial charge is 0.490 e. The lowest BCUT2D eigenvalue weighted by atomic mass is 10.1. The second-order valence-corrected chi connectivity index (χ2v) is 6.48. The minimum Gasteiger partial charge on any atom is -0.490 e. The number of rotatable bonds is 5. The lowest BCUT2D eigenvalue weighted by Crippen LogP contribution is -2.06. The van der Waals surface area contributed by atoms with Crippen LogP contribution in [0.5, 0.6) is 17.2 Å². The maximum Gasteiger partial charge on any atom is 0.133 e. The van der Waals surface area contributed by atoms with Crippen LogP contribution >= 0.6 is 0 Å². The van der Waals surface area contributed by atoms with Crippen molar-refractivity contribution in [2.45, 2.75) is 40.7 Å². The van der Waals surface area contributed by atoms with Crippen molar-refractivity contribution in [1.82, 2.24) is 0 Å². The van der Waals surface area contributed by atoms with Gasteiger partial charge >= 0.3 is 0 Å². The van der Waals surface area contributed by atoms with Crippen molar-refractivity contribution in [2.24, 2.45) is 0 Å². The van der Waals surface area contributed by atoms with Gasteiger partial charge in [-0.2, -0.15) is 0 Å². The standard InChI is InChI=1S/C20H24O3/c1-12-6-13(2)20(14(3)7-12)23-17-8-15(4)19(16(5)9-17)22-11-18-10-21-18/h6-9,18H,10-11H2,1-5H3. The Morgan fingerprint density at radius 2 is 1.39 bits per heavy atom. The first-order chi connectivity index (χ1) is 10.9. The van der Waals surface area contributed by atoms with Crippen molar-refractivity contribution in [2.75, 3.05) is 13.2 Å². The maximum absolute atomic E-state index is 6.17. The van der Waals surface area contributed by atoms with Crippen molar-refractivity contribution >= 4 is 0 Å². The third-order valence-corrected chi connectivity index (χ3v) is 4.07. The summed E-state index contributed by atoms with van der Waals surface area (Å²) in [6.07, 6.45) is 0.266. The molecule has 1 unspecified atom stereocenters. The fourth-order valence-electron chi connectivity index (χ4n) is 2.98. The predicted molar refractivity (Wildman–Crippen MR) is 91.9 cm³/mol. The molecule has 0 radical (unpaired) electrons. The quantitative estimate of drug-likeness (QED) is 0.743. The maximum atomic E-state index is 6.17. The molecule has 1 aliphatic rings. The smallest absolute Gasteiger partial charge is 0.133 e. The number of aryl methyl sites for hydroxylation is 5. The highest BCUT2D eigenvalue weighted by atomic mass is 16.6. The summed E-state index contributed by atoms with van der Waals surface area (Å²) >= 11 is 0. The Morgan fingerprint density at radius 1 is 0.870 bits per heavy atom. The molecule has 1 heterocycles. The molecular formula is C20H24O3. The molecule has 1 fully saturated rings. The van der Waals surface area contributed by atoms with Gasteiger partial charge < -0.3 is 14.2 Å². The van der Waals surface area contributed by atoms with Gasteiger partial charge in [-0.05, 0) is 69.0 Å². The van der Waals surface area contributed by atoms with E-state index in [0.717, 1.165) is 46.1 Å². The van der Waals surface area contributed by atoms with Crippen LogP contribution in [0.2, 0.25) is 0 Å². The van der Waals surface area contributed by atoms with Crippen LogP contribution in [0.15, 0.2) is 24.3 Å². The van der Waals surface area contributed by atoms with Gasteiger partial charge in [-0.15, -0.1) is 0 Å². The van der Waals surface area contributed by atoms with E-state index in [4.69, 9.17) is 14.2 Å². The molecule has 0 aliphatic carbocycles. The van der Waals surface area contributed by atoms with Gasteiger partial charge in [0, 0.05) is 0 Å². The molecule has 1 aliphatic heterocycles. The minimum atomic E-state index is 0.266. The SMILES string of the molecule is Cc1cc(C)c(Oc2cc(C)c(OCC3CO3)c(C)c2)c(C)c1. The molecule has 0 aromatic heterocycles. The zero-order valence-corrected chi connectivity index (χ0v) is 14.5. The van der Waals surface area contributed by atoms with Crippen molar-refractivity contribution < 1.29 is 14.2 Å². The van der Waals surface area contributed by atoms with Gasteiger partial charge in [0.1, 0.15) is 30.0 Å². The van der Waals surface area contributed by atoms with Crippen LogP contribution in [0, 0.1) is 34.6 Å². The normalized spacial score (nSPS) is 16.3. The van der Waals surface area contributed by atoms with E-state index in [9.17, 15) is 0 Å². The highest BCUT2D eigenvalue weighted by Gasteiger charge is 2.23. The fraction of sp³-hybridized carbons (Fsp3) is 0.400. The summed E-state index contributed by atoms with van der Waals surface area (Å²) in [7, 11) is 0. The van der Waals surface area contributed by atoms with E-state index in [1.165, 1.54) is 5.56 Å². The van der Waals surface area contributed by atoms with Crippen LogP contribution in [-0.4, -0.2) is 19.3 Å². The highest BCUT2D eigenvalue weighted by molar-refractivity contribution is 5.50. The van der Waals surface area contributed by atoms with Crippen molar-refractivity contribution in [3.05, 3.63) is 52.1 Å². The number of benzene rings is 2. The Labute approximate surface area is 138 Å². The molecule has 3 heteroatoms. The molecule has 3 rings (SSSR count). The summed E-state index contributed by atoms with van der Waals surface area (Å²) in [6.45, 7) is 11.8. The second kappa shape index (κ2) is 6.25. The number of hydrogen-bond acceptors (Lipinski definition) is 3. The van der Waals surface area contributed by atoms with E-state index in [0.29, 0.717) is 6.61 Å². The Morgan fingerprint density at radius 3 is 1.91 bits per heavy atom. The molecule has 0 amide bonds. The van der Waals surface area contributed by atoms with Crippen LogP contribution in [0.1, 0.15) is 27.8 Å². The zero-order valence-electron chi connectivity index (χ0n) is 14.5. The van der Waals surface area contributed by atoms with Gasteiger partial charge in [-0.3, -0.25) is 0 Å². The third kappa shape index (κ3) is 3.67. The van der Waals surface area contributed by atoms with Crippen molar-refractivity contribution in [3.63, 3.8) is 0 Å². The molecule has 0 saturated carbocycles. The molecule has 23 heavy (non-hydrogen) atoms. The molecule has 0 bridgehead atoms. The lowest BCUT2D eigenvalue weighted by Gasteiger charge is -2.16. The van der Waals surface area contributed by atoms with E-state index in [1.807, 2.05) is 12.1 Å². The second-order valence-electron chi connectivity index (χ2n) is 6.48. The number of hydrogen-bond donors (Lipinski definition) is 0. The van der Waals surface area contributed by atoms with Crippen LogP contribution < -0.4 is 9.47 Å². The summed E-state index contributed by atoms with van der Waals surface area (Å²) < 4.78 is 17.2. The lowest BCUT2D eigenvalue weighted by molar-refractivity contribution is 0.260. The van der Waals surface area contributed by atoms with Crippen LogP contribution in [-0.2, 0) is 4.74 Å². The van der Waals surface area contributed by atoms with Gasteiger partial charge in [0.2, 0.25) is 0 Å². The zero-order chi connectivity index (χ0) is 16.6. The van der Waals surface area contributed by atoms with Crippen LogP contribution in [0.25, 0.3) is 0 Å². The van der Waals surface area contributed by atoms with E-state index in [2.05, 4.69) is 46.8 Å². The molecule has 3 nitrogen and oxygen atoms in total. The van der Waals surface area contributed by atoms with E-state index in [-0.39, 0.29) is 6.10 Å². The summed E-state index contributed by atoms with van der Waals surface area (Å²) in [4.78, 5) is 0. The summed E-state index contributed by atoms with van der Waals surface area (Å²) in [6, 6.07) is 8.37. The average molecular weight is 312 g/mol. The summed E-state index contributed by atoms with van der Waals surface area (Å²) in [5, 5.41) is 0. The van der Waals surface area contributed by atoms with Crippen molar-refractivity contribution in [3.8, 4) is 17.2 Å². The molecule has 1 atom stereocenters. The molecule has 1 saturated heterocycles. The van der Waals surface area contributed by atoms with E-state index >= 15 is 0 Å². The molecule has 0 spiro atoms. The Hall–Kier alpha value is -2.00. The Bertz CT molecular complexity index is 684. The van der Waals surface area contributed by atoms with Gasteiger partial charge in [0.25, 0.3) is 0 Å². The Balaban J connectivity index is 1.83. The summed E-state index contributed by atoms with van der Waals surface area (Å²) in [5.41, 5.74) is 5.74.